The Morgan fingerprint density at radius 2 is 0.950 bits per heavy atom. The van der Waals surface area contributed by atoms with Crippen molar-refractivity contribution >= 4 is 0 Å². The van der Waals surface area contributed by atoms with E-state index in [1.54, 1.807) is 0 Å². The van der Waals surface area contributed by atoms with Gasteiger partial charge >= 0.3 is 0 Å². The van der Waals surface area contributed by atoms with Crippen LogP contribution in [0.4, 0.5) is 0 Å². The fourth-order valence-corrected chi connectivity index (χ4v) is 2.74. The van der Waals surface area contributed by atoms with Gasteiger partial charge in [0.15, 0.2) is 0 Å². The zero-order chi connectivity index (χ0) is 15.1. The van der Waals surface area contributed by atoms with E-state index in [1.807, 2.05) is 0 Å². The lowest BCUT2D eigenvalue weighted by atomic mass is 9.98. The average Bonchev–Trinajstić information content (AvgIpc) is 2.47. The van der Waals surface area contributed by atoms with Gasteiger partial charge in [0, 0.05) is 13.2 Å². The summed E-state index contributed by atoms with van der Waals surface area (Å²) in [5, 5.41) is 0. The first kappa shape index (κ1) is 19.9. The third-order valence-corrected chi connectivity index (χ3v) is 4.26. The molecule has 0 fully saturated rings. The van der Waals surface area contributed by atoms with Crippen LogP contribution in [0, 0.1) is 11.8 Å². The van der Waals surface area contributed by atoms with Crippen LogP contribution in [0.3, 0.4) is 0 Å². The SMILES string of the molecule is CCCC(CC)CCOCCOCCC(CC)CCC. The lowest BCUT2D eigenvalue weighted by Crippen LogP contribution is -2.10. The maximum Gasteiger partial charge on any atom is 0.0700 e. The first-order chi connectivity index (χ1) is 9.78. The van der Waals surface area contributed by atoms with Gasteiger partial charge < -0.3 is 9.47 Å². The zero-order valence-corrected chi connectivity index (χ0v) is 14.5. The van der Waals surface area contributed by atoms with Gasteiger partial charge in [-0.25, -0.2) is 0 Å². The fourth-order valence-electron chi connectivity index (χ4n) is 2.74. The summed E-state index contributed by atoms with van der Waals surface area (Å²) in [6, 6.07) is 0. The van der Waals surface area contributed by atoms with E-state index < -0.39 is 0 Å². The van der Waals surface area contributed by atoms with E-state index in [1.165, 1.54) is 51.4 Å². The summed E-state index contributed by atoms with van der Waals surface area (Å²) in [4.78, 5) is 0. The number of ether oxygens (including phenoxy) is 2. The molecule has 0 aromatic carbocycles. The second kappa shape index (κ2) is 15.3. The molecule has 0 aromatic heterocycles. The normalized spacial score (nSPS) is 14.4. The number of hydrogen-bond acceptors (Lipinski definition) is 2. The maximum absolute atomic E-state index is 5.67. The van der Waals surface area contributed by atoms with Crippen LogP contribution in [0.5, 0.6) is 0 Å². The molecule has 0 heterocycles. The molecule has 122 valence electrons. The lowest BCUT2D eigenvalue weighted by Gasteiger charge is -2.14. The van der Waals surface area contributed by atoms with Gasteiger partial charge in [0.2, 0.25) is 0 Å². The van der Waals surface area contributed by atoms with Crippen LogP contribution in [0.1, 0.15) is 79.1 Å². The third kappa shape index (κ3) is 11.7. The van der Waals surface area contributed by atoms with E-state index in [0.29, 0.717) is 0 Å². The Morgan fingerprint density at radius 1 is 0.550 bits per heavy atom. The summed E-state index contributed by atoms with van der Waals surface area (Å²) in [6.07, 6.45) is 10.2. The highest BCUT2D eigenvalue weighted by molar-refractivity contribution is 4.56. The molecule has 2 unspecified atom stereocenters. The highest BCUT2D eigenvalue weighted by Crippen LogP contribution is 2.15. The predicted molar refractivity (Wildman–Crippen MR) is 88.3 cm³/mol. The Labute approximate surface area is 127 Å². The van der Waals surface area contributed by atoms with Crippen LogP contribution in [-0.2, 0) is 9.47 Å². The minimum absolute atomic E-state index is 0.757. The van der Waals surface area contributed by atoms with Crippen molar-refractivity contribution in [3.8, 4) is 0 Å². The van der Waals surface area contributed by atoms with E-state index in [0.717, 1.165) is 38.3 Å². The predicted octanol–water partition coefficient (Wildman–Crippen LogP) is 5.45. The van der Waals surface area contributed by atoms with Crippen LogP contribution in [0.25, 0.3) is 0 Å². The molecule has 2 heteroatoms. The topological polar surface area (TPSA) is 18.5 Å². The largest absolute Gasteiger partial charge is 0.379 e. The monoisotopic (exact) mass is 286 g/mol. The van der Waals surface area contributed by atoms with Gasteiger partial charge in [-0.2, -0.15) is 0 Å². The summed E-state index contributed by atoms with van der Waals surface area (Å²) >= 11 is 0. The van der Waals surface area contributed by atoms with E-state index in [4.69, 9.17) is 9.47 Å². The zero-order valence-electron chi connectivity index (χ0n) is 14.5. The van der Waals surface area contributed by atoms with Crippen molar-refractivity contribution in [2.24, 2.45) is 11.8 Å². The van der Waals surface area contributed by atoms with Gasteiger partial charge in [-0.15, -0.1) is 0 Å². The van der Waals surface area contributed by atoms with Gasteiger partial charge in [-0.05, 0) is 24.7 Å². The first-order valence-corrected chi connectivity index (χ1v) is 8.93. The summed E-state index contributed by atoms with van der Waals surface area (Å²) in [5.41, 5.74) is 0. The van der Waals surface area contributed by atoms with E-state index in [-0.39, 0.29) is 0 Å². The summed E-state index contributed by atoms with van der Waals surface area (Å²) in [6.45, 7) is 12.4. The Balaban J connectivity index is 3.31. The molecule has 0 aliphatic rings. The Hall–Kier alpha value is -0.0800. The van der Waals surface area contributed by atoms with Crippen molar-refractivity contribution in [2.45, 2.75) is 79.1 Å². The minimum atomic E-state index is 0.757. The van der Waals surface area contributed by atoms with Gasteiger partial charge in [-0.3, -0.25) is 0 Å². The lowest BCUT2D eigenvalue weighted by molar-refractivity contribution is 0.0373. The molecule has 0 radical (unpaired) electrons. The van der Waals surface area contributed by atoms with Crippen molar-refractivity contribution in [1.29, 1.82) is 0 Å². The molecule has 0 rings (SSSR count). The molecule has 0 N–H and O–H groups in total. The second-order valence-electron chi connectivity index (χ2n) is 5.93. The van der Waals surface area contributed by atoms with Crippen molar-refractivity contribution in [3.63, 3.8) is 0 Å². The minimum Gasteiger partial charge on any atom is -0.379 e. The van der Waals surface area contributed by atoms with Crippen LogP contribution in [0.15, 0.2) is 0 Å². The van der Waals surface area contributed by atoms with Crippen molar-refractivity contribution < 1.29 is 9.47 Å². The summed E-state index contributed by atoms with van der Waals surface area (Å²) < 4.78 is 11.3. The maximum atomic E-state index is 5.67. The fraction of sp³-hybridized carbons (Fsp3) is 1.00. The van der Waals surface area contributed by atoms with Crippen molar-refractivity contribution in [2.75, 3.05) is 26.4 Å². The number of hydrogen-bond donors (Lipinski definition) is 0. The van der Waals surface area contributed by atoms with Gasteiger partial charge in [-0.1, -0.05) is 66.2 Å². The molecule has 0 aliphatic carbocycles. The van der Waals surface area contributed by atoms with Gasteiger partial charge in [0.1, 0.15) is 0 Å². The van der Waals surface area contributed by atoms with Crippen LogP contribution in [0.2, 0.25) is 0 Å². The number of rotatable bonds is 15. The molecule has 0 aliphatic heterocycles. The smallest absolute Gasteiger partial charge is 0.0700 e. The third-order valence-electron chi connectivity index (χ3n) is 4.26. The molecule has 2 atom stereocenters. The molecule has 0 aromatic rings. The first-order valence-electron chi connectivity index (χ1n) is 8.93. The van der Waals surface area contributed by atoms with E-state index in [9.17, 15) is 0 Å². The van der Waals surface area contributed by atoms with Crippen molar-refractivity contribution in [1.82, 2.24) is 0 Å². The highest BCUT2D eigenvalue weighted by atomic mass is 16.5. The molecular weight excluding hydrogens is 248 g/mol. The van der Waals surface area contributed by atoms with E-state index in [2.05, 4.69) is 27.7 Å². The molecule has 0 spiro atoms. The Kier molecular flexibility index (Phi) is 15.3. The molecule has 0 amide bonds. The average molecular weight is 286 g/mol. The summed E-state index contributed by atoms with van der Waals surface area (Å²) in [5.74, 6) is 1.69. The molecule has 0 saturated heterocycles. The van der Waals surface area contributed by atoms with Gasteiger partial charge in [0.25, 0.3) is 0 Å². The molecule has 0 bridgehead atoms. The molecule has 20 heavy (non-hydrogen) atoms. The Bertz CT molecular complexity index is 162. The van der Waals surface area contributed by atoms with E-state index >= 15 is 0 Å². The van der Waals surface area contributed by atoms with Crippen LogP contribution in [-0.4, -0.2) is 26.4 Å². The standard InChI is InChI=1S/C18H38O2/c1-5-9-17(7-3)11-13-19-15-16-20-14-12-18(8-4)10-6-2/h17-18H,5-16H2,1-4H3. The van der Waals surface area contributed by atoms with Crippen molar-refractivity contribution in [3.05, 3.63) is 0 Å². The Morgan fingerprint density at radius 3 is 1.25 bits per heavy atom. The molecule has 2 nitrogen and oxygen atoms in total. The highest BCUT2D eigenvalue weighted by Gasteiger charge is 2.05. The van der Waals surface area contributed by atoms with Crippen LogP contribution < -0.4 is 0 Å². The molecular formula is C18H38O2. The van der Waals surface area contributed by atoms with Gasteiger partial charge in [0.05, 0.1) is 13.2 Å². The quantitative estimate of drug-likeness (QED) is 0.373. The summed E-state index contributed by atoms with van der Waals surface area (Å²) in [7, 11) is 0. The second-order valence-corrected chi connectivity index (χ2v) is 5.93. The van der Waals surface area contributed by atoms with Crippen LogP contribution >= 0.6 is 0 Å². The molecule has 0 saturated carbocycles.